The van der Waals surface area contributed by atoms with Gasteiger partial charge in [0.25, 0.3) is 0 Å². The van der Waals surface area contributed by atoms with E-state index in [0.29, 0.717) is 5.82 Å². The molecule has 0 spiro atoms. The number of imidazole rings is 1. The standard InChI is InChI=1S/C4H4N3/c5-3-4-6-1-2-7-4/h1-3H,(H,6,7). The van der Waals surface area contributed by atoms with Gasteiger partial charge in [0.15, 0.2) is 0 Å². The van der Waals surface area contributed by atoms with Gasteiger partial charge in [0.1, 0.15) is 5.82 Å². The van der Waals surface area contributed by atoms with Crippen LogP contribution in [0, 0.1) is 0 Å². The van der Waals surface area contributed by atoms with Crippen LogP contribution < -0.4 is 5.41 Å². The molecule has 7 heavy (non-hydrogen) atoms. The largest absolute Gasteiger partial charge is 0.344 e. The molecule has 0 aliphatic heterocycles. The van der Waals surface area contributed by atoms with E-state index in [1.54, 1.807) is 12.4 Å². The van der Waals surface area contributed by atoms with Crippen LogP contribution in [-0.2, 0) is 0 Å². The van der Waals surface area contributed by atoms with E-state index >= 15 is 0 Å². The van der Waals surface area contributed by atoms with Crippen molar-refractivity contribution in [1.82, 2.24) is 15.4 Å². The van der Waals surface area contributed by atoms with Crippen LogP contribution in [0.25, 0.3) is 0 Å². The van der Waals surface area contributed by atoms with Crippen LogP contribution in [0.15, 0.2) is 12.4 Å². The molecule has 0 aliphatic carbocycles. The Kier molecular flexibility index (Phi) is 0.898. The highest BCUT2D eigenvalue weighted by atomic mass is 14.9. The van der Waals surface area contributed by atoms with Crippen LogP contribution in [0.5, 0.6) is 0 Å². The van der Waals surface area contributed by atoms with Crippen LogP contribution >= 0.6 is 0 Å². The van der Waals surface area contributed by atoms with E-state index in [1.165, 1.54) is 0 Å². The first-order valence-corrected chi connectivity index (χ1v) is 1.90. The zero-order chi connectivity index (χ0) is 5.11. The first-order chi connectivity index (χ1) is 3.43. The lowest BCUT2D eigenvalue weighted by atomic mass is 10.7. The Morgan fingerprint density at radius 2 is 2.71 bits per heavy atom. The minimum atomic E-state index is 0.486. The highest BCUT2D eigenvalue weighted by Gasteiger charge is 1.80. The predicted molar refractivity (Wildman–Crippen MR) is 25.9 cm³/mol. The van der Waals surface area contributed by atoms with E-state index in [-0.39, 0.29) is 0 Å². The summed E-state index contributed by atoms with van der Waals surface area (Å²) in [6.45, 7) is 0. The molecule has 1 aromatic rings. The summed E-state index contributed by atoms with van der Waals surface area (Å²) >= 11 is 0. The molecule has 3 heteroatoms. The average molecular weight is 94.1 g/mol. The summed E-state index contributed by atoms with van der Waals surface area (Å²) < 4.78 is 0. The van der Waals surface area contributed by atoms with Gasteiger partial charge >= 0.3 is 0 Å². The Hall–Kier alpha value is -1.12. The lowest BCUT2D eigenvalue weighted by Gasteiger charge is -1.70. The first kappa shape index (κ1) is 4.05. The number of aromatic amines is 1. The first-order valence-electron chi connectivity index (χ1n) is 1.90. The van der Waals surface area contributed by atoms with Crippen LogP contribution in [-0.4, -0.2) is 16.2 Å². The number of nitrogens with zero attached hydrogens (tertiary/aromatic N) is 2. The van der Waals surface area contributed by atoms with Gasteiger partial charge in [-0.15, -0.1) is 0 Å². The molecule has 0 amide bonds. The van der Waals surface area contributed by atoms with Gasteiger partial charge in [-0.1, -0.05) is 0 Å². The molecule has 0 fully saturated rings. The minimum absolute atomic E-state index is 0.486. The molecule has 0 unspecified atom stereocenters. The quantitative estimate of drug-likeness (QED) is 0.474. The van der Waals surface area contributed by atoms with Gasteiger partial charge < -0.3 is 4.98 Å². The van der Waals surface area contributed by atoms with Crippen LogP contribution in [0.4, 0.5) is 0 Å². The molecule has 0 saturated heterocycles. The Morgan fingerprint density at radius 3 is 3.00 bits per heavy atom. The molecule has 0 atom stereocenters. The van der Waals surface area contributed by atoms with Crippen molar-refractivity contribution in [2.24, 2.45) is 0 Å². The van der Waals surface area contributed by atoms with Crippen molar-refractivity contribution in [3.05, 3.63) is 18.2 Å². The molecule has 3 nitrogen and oxygen atoms in total. The Balaban J connectivity index is 2.96. The second-order valence-electron chi connectivity index (χ2n) is 1.10. The van der Waals surface area contributed by atoms with Crippen molar-refractivity contribution in [2.45, 2.75) is 0 Å². The highest BCUT2D eigenvalue weighted by Crippen LogP contribution is 1.77. The zero-order valence-corrected chi connectivity index (χ0v) is 3.63. The summed E-state index contributed by atoms with van der Waals surface area (Å²) in [6.07, 6.45) is 4.13. The molecule has 1 N–H and O–H groups in total. The van der Waals surface area contributed by atoms with Crippen molar-refractivity contribution >= 4 is 6.21 Å². The maximum Gasteiger partial charge on any atom is 0.150 e. The lowest BCUT2D eigenvalue weighted by molar-refractivity contribution is 1.28. The Labute approximate surface area is 40.9 Å². The lowest BCUT2D eigenvalue weighted by Crippen LogP contribution is -1.81. The maximum absolute atomic E-state index is 8.21. The van der Waals surface area contributed by atoms with Crippen molar-refractivity contribution in [1.29, 1.82) is 0 Å². The van der Waals surface area contributed by atoms with E-state index < -0.39 is 0 Å². The molecule has 0 aromatic carbocycles. The molecule has 0 saturated carbocycles. The maximum atomic E-state index is 8.21. The van der Waals surface area contributed by atoms with E-state index in [0.717, 1.165) is 6.21 Å². The van der Waals surface area contributed by atoms with Crippen molar-refractivity contribution < 1.29 is 0 Å². The van der Waals surface area contributed by atoms with E-state index in [4.69, 9.17) is 5.41 Å². The molecule has 0 aliphatic rings. The highest BCUT2D eigenvalue weighted by molar-refractivity contribution is 5.71. The van der Waals surface area contributed by atoms with Gasteiger partial charge in [0.05, 0.1) is 6.21 Å². The number of hydrogen-bond donors (Lipinski definition) is 1. The van der Waals surface area contributed by atoms with E-state index in [9.17, 15) is 0 Å². The minimum Gasteiger partial charge on any atom is -0.344 e. The fourth-order valence-corrected chi connectivity index (χ4v) is 0.348. The topological polar surface area (TPSA) is 51.0 Å². The van der Waals surface area contributed by atoms with E-state index in [1.807, 2.05) is 0 Å². The van der Waals surface area contributed by atoms with Gasteiger partial charge in [0.2, 0.25) is 0 Å². The van der Waals surface area contributed by atoms with Crippen molar-refractivity contribution in [3.63, 3.8) is 0 Å². The van der Waals surface area contributed by atoms with Gasteiger partial charge in [-0.2, -0.15) is 5.41 Å². The molecule has 1 heterocycles. The molecular weight excluding hydrogens is 90.1 g/mol. The second kappa shape index (κ2) is 1.55. The summed E-state index contributed by atoms with van der Waals surface area (Å²) in [6, 6.07) is 0. The summed E-state index contributed by atoms with van der Waals surface area (Å²) in [5, 5.41) is 8.21. The van der Waals surface area contributed by atoms with Gasteiger partial charge in [0, 0.05) is 12.4 Å². The van der Waals surface area contributed by atoms with Crippen molar-refractivity contribution in [3.8, 4) is 0 Å². The Bertz CT molecular complexity index is 142. The number of H-pyrrole nitrogens is 1. The normalized spacial score (nSPS) is 8.57. The molecule has 35 valence electrons. The fourth-order valence-electron chi connectivity index (χ4n) is 0.348. The number of rotatable bonds is 1. The van der Waals surface area contributed by atoms with Crippen LogP contribution in [0.2, 0.25) is 0 Å². The second-order valence-corrected chi connectivity index (χ2v) is 1.10. The fraction of sp³-hybridized carbons (Fsp3) is 0. The molecule has 1 radical (unpaired) electrons. The molecule has 0 bridgehead atoms. The van der Waals surface area contributed by atoms with Gasteiger partial charge in [-0.25, -0.2) is 4.98 Å². The summed E-state index contributed by atoms with van der Waals surface area (Å²) in [5.41, 5.74) is 0. The number of nitrogens with one attached hydrogen (secondary N) is 1. The number of hydrogen-bond acceptors (Lipinski definition) is 1. The Morgan fingerprint density at radius 1 is 1.86 bits per heavy atom. The van der Waals surface area contributed by atoms with Crippen LogP contribution in [0.3, 0.4) is 0 Å². The number of aromatic nitrogens is 2. The van der Waals surface area contributed by atoms with E-state index in [2.05, 4.69) is 9.97 Å². The third kappa shape index (κ3) is 0.652. The van der Waals surface area contributed by atoms with Gasteiger partial charge in [-0.3, -0.25) is 0 Å². The third-order valence-electron chi connectivity index (χ3n) is 0.642. The summed E-state index contributed by atoms with van der Waals surface area (Å²) in [4.78, 5) is 6.34. The predicted octanol–water partition coefficient (Wildman–Crippen LogP) is -0.371. The third-order valence-corrected chi connectivity index (χ3v) is 0.642. The molecule has 1 aromatic heterocycles. The SMILES string of the molecule is [N]=Cc1ncc[nH]1. The smallest absolute Gasteiger partial charge is 0.150 e. The van der Waals surface area contributed by atoms with Gasteiger partial charge in [-0.05, 0) is 0 Å². The van der Waals surface area contributed by atoms with Crippen molar-refractivity contribution in [2.75, 3.05) is 0 Å². The average Bonchev–Trinajstić information content (AvgIpc) is 2.14. The zero-order valence-electron chi connectivity index (χ0n) is 3.63. The summed E-state index contributed by atoms with van der Waals surface area (Å²) in [7, 11) is 0. The molecular formula is C4H4N3. The summed E-state index contributed by atoms with van der Waals surface area (Å²) in [5.74, 6) is 0.486. The molecule has 1 rings (SSSR count). The van der Waals surface area contributed by atoms with Crippen LogP contribution in [0.1, 0.15) is 5.82 Å². The monoisotopic (exact) mass is 94.0 g/mol.